The van der Waals surface area contributed by atoms with Crippen molar-refractivity contribution >= 4 is 11.9 Å². The summed E-state index contributed by atoms with van der Waals surface area (Å²) in [6.07, 6.45) is 0.611. The highest BCUT2D eigenvalue weighted by molar-refractivity contribution is 5.71. The molecule has 3 rings (SSSR count). The van der Waals surface area contributed by atoms with Crippen LogP contribution in [0.2, 0.25) is 0 Å². The minimum Gasteiger partial charge on any atom is -0.461 e. The molecule has 160 valence electrons. The first-order valence-corrected chi connectivity index (χ1v) is 10.2. The van der Waals surface area contributed by atoms with E-state index < -0.39 is 23.1 Å². The zero-order valence-corrected chi connectivity index (χ0v) is 17.0. The Morgan fingerprint density at radius 2 is 1.00 bits per heavy atom. The Bertz CT molecular complexity index is 754. The van der Waals surface area contributed by atoms with Gasteiger partial charge >= 0.3 is 11.9 Å². The monoisotopic (exact) mass is 412 g/mol. The first-order valence-electron chi connectivity index (χ1n) is 10.2. The first-order chi connectivity index (χ1) is 14.4. The van der Waals surface area contributed by atoms with Gasteiger partial charge in [0.2, 0.25) is 0 Å². The van der Waals surface area contributed by atoms with E-state index in [-0.39, 0.29) is 51.7 Å². The van der Waals surface area contributed by atoms with E-state index in [1.807, 2.05) is 60.7 Å². The third-order valence-corrected chi connectivity index (χ3v) is 5.54. The van der Waals surface area contributed by atoms with Crippen LogP contribution in [0, 0.1) is 0 Å². The number of rotatable bonds is 8. The summed E-state index contributed by atoms with van der Waals surface area (Å²) in [5.41, 5.74) is -0.697. The molecule has 0 amide bonds. The second-order valence-electron chi connectivity index (χ2n) is 8.09. The van der Waals surface area contributed by atoms with Gasteiger partial charge in [0.25, 0.3) is 0 Å². The second kappa shape index (κ2) is 9.87. The van der Waals surface area contributed by atoms with E-state index in [9.17, 15) is 19.8 Å². The number of carbonyl (C=O) groups excluding carboxylic acids is 2. The van der Waals surface area contributed by atoms with Crippen molar-refractivity contribution in [2.45, 2.75) is 62.9 Å². The van der Waals surface area contributed by atoms with Crippen molar-refractivity contribution in [3.63, 3.8) is 0 Å². The van der Waals surface area contributed by atoms with Gasteiger partial charge in [-0.15, -0.1) is 0 Å². The average Bonchev–Trinajstić information content (AvgIpc) is 2.75. The Hall–Kier alpha value is -2.70. The van der Waals surface area contributed by atoms with Crippen LogP contribution in [0.15, 0.2) is 60.7 Å². The van der Waals surface area contributed by atoms with E-state index in [1.54, 1.807) is 0 Å². The molecule has 0 radical (unpaired) electrons. The van der Waals surface area contributed by atoms with Crippen LogP contribution >= 0.6 is 0 Å². The average molecular weight is 412 g/mol. The van der Waals surface area contributed by atoms with Crippen molar-refractivity contribution in [3.8, 4) is 0 Å². The Labute approximate surface area is 176 Å². The maximum Gasteiger partial charge on any atom is 0.309 e. The fraction of sp³-hybridized carbons (Fsp3) is 0.417. The molecule has 0 heterocycles. The Balaban J connectivity index is 1.41. The summed E-state index contributed by atoms with van der Waals surface area (Å²) in [6, 6.07) is 18.7. The zero-order valence-electron chi connectivity index (χ0n) is 17.0. The van der Waals surface area contributed by atoms with Gasteiger partial charge in [0.1, 0.15) is 13.2 Å². The van der Waals surface area contributed by atoms with Crippen molar-refractivity contribution in [2.24, 2.45) is 0 Å². The summed E-state index contributed by atoms with van der Waals surface area (Å²) in [5, 5.41) is 21.5. The molecule has 2 aromatic carbocycles. The number of hydrogen-bond acceptors (Lipinski definition) is 6. The van der Waals surface area contributed by atoms with Crippen molar-refractivity contribution in [3.05, 3.63) is 71.8 Å². The number of ether oxygens (including phenoxy) is 2. The largest absolute Gasteiger partial charge is 0.461 e. The third kappa shape index (κ3) is 6.68. The van der Waals surface area contributed by atoms with E-state index in [0.29, 0.717) is 0 Å². The van der Waals surface area contributed by atoms with E-state index in [4.69, 9.17) is 9.47 Å². The van der Waals surface area contributed by atoms with Crippen molar-refractivity contribution < 1.29 is 29.3 Å². The lowest BCUT2D eigenvalue weighted by Crippen LogP contribution is -2.45. The van der Waals surface area contributed by atoms with Gasteiger partial charge < -0.3 is 19.7 Å². The highest BCUT2D eigenvalue weighted by Crippen LogP contribution is 2.39. The van der Waals surface area contributed by atoms with Gasteiger partial charge in [-0.25, -0.2) is 0 Å². The summed E-state index contributed by atoms with van der Waals surface area (Å²) in [4.78, 5) is 24.3. The van der Waals surface area contributed by atoms with Gasteiger partial charge in [-0.05, 0) is 36.8 Å². The van der Waals surface area contributed by atoms with Crippen LogP contribution in [-0.2, 0) is 32.3 Å². The Morgan fingerprint density at radius 3 is 1.33 bits per heavy atom. The zero-order chi connectivity index (χ0) is 21.5. The van der Waals surface area contributed by atoms with E-state index in [2.05, 4.69) is 0 Å². The Morgan fingerprint density at radius 1 is 0.667 bits per heavy atom. The molecule has 0 saturated heterocycles. The van der Waals surface area contributed by atoms with E-state index >= 15 is 0 Å². The van der Waals surface area contributed by atoms with Crippen LogP contribution in [-0.4, -0.2) is 33.4 Å². The van der Waals surface area contributed by atoms with Crippen molar-refractivity contribution in [1.82, 2.24) is 0 Å². The van der Waals surface area contributed by atoms with Crippen LogP contribution in [0.4, 0.5) is 0 Å². The maximum absolute atomic E-state index is 12.1. The van der Waals surface area contributed by atoms with Gasteiger partial charge in [-0.3, -0.25) is 9.59 Å². The first kappa shape index (κ1) is 22.0. The second-order valence-corrected chi connectivity index (χ2v) is 8.09. The fourth-order valence-electron chi connectivity index (χ4n) is 3.65. The third-order valence-electron chi connectivity index (χ3n) is 5.54. The van der Waals surface area contributed by atoms with E-state index in [0.717, 1.165) is 11.1 Å². The number of carbonyl (C=O) groups is 2. The van der Waals surface area contributed by atoms with E-state index in [1.165, 1.54) is 0 Å². The lowest BCUT2D eigenvalue weighted by atomic mass is 9.73. The molecule has 0 unspecified atom stereocenters. The topological polar surface area (TPSA) is 93.1 Å². The molecule has 0 spiro atoms. The summed E-state index contributed by atoms with van der Waals surface area (Å²) < 4.78 is 10.5. The van der Waals surface area contributed by atoms with Gasteiger partial charge in [-0.2, -0.15) is 0 Å². The van der Waals surface area contributed by atoms with Gasteiger partial charge in [0, 0.05) is 0 Å². The smallest absolute Gasteiger partial charge is 0.309 e. The standard InChI is InChI=1S/C24H28O6/c25-21(29-17-19-7-3-1-4-8-19)15-23(27)11-13-24(28,14-12-23)16-22(26)30-18-20-9-5-2-6-10-20/h1-10,27-28H,11-18H2. The van der Waals surface area contributed by atoms with Crippen LogP contribution in [0.25, 0.3) is 0 Å². The lowest BCUT2D eigenvalue weighted by molar-refractivity contribution is -0.161. The molecule has 1 aliphatic carbocycles. The fourth-order valence-corrected chi connectivity index (χ4v) is 3.65. The van der Waals surface area contributed by atoms with Crippen LogP contribution in [0.3, 0.4) is 0 Å². The SMILES string of the molecule is O=C(CC1(O)CCC(O)(CC(=O)OCc2ccccc2)CC1)OCc1ccccc1. The van der Waals surface area contributed by atoms with Gasteiger partial charge in [0.05, 0.1) is 24.0 Å². The number of hydrogen-bond donors (Lipinski definition) is 2. The molecular formula is C24H28O6. The van der Waals surface area contributed by atoms with Crippen molar-refractivity contribution in [1.29, 1.82) is 0 Å². The molecular weight excluding hydrogens is 384 g/mol. The molecule has 1 aliphatic rings. The number of aliphatic hydroxyl groups is 2. The quantitative estimate of drug-likeness (QED) is 0.647. The molecule has 1 saturated carbocycles. The molecule has 30 heavy (non-hydrogen) atoms. The Kier molecular flexibility index (Phi) is 7.24. The maximum atomic E-state index is 12.1. The summed E-state index contributed by atoms with van der Waals surface area (Å²) in [5.74, 6) is -0.955. The molecule has 0 aromatic heterocycles. The molecule has 0 aliphatic heterocycles. The summed E-state index contributed by atoms with van der Waals surface area (Å²) in [6.45, 7) is 0.319. The number of benzene rings is 2. The molecule has 0 bridgehead atoms. The highest BCUT2D eigenvalue weighted by Gasteiger charge is 2.43. The van der Waals surface area contributed by atoms with Gasteiger partial charge in [0.15, 0.2) is 0 Å². The highest BCUT2D eigenvalue weighted by atomic mass is 16.5. The minimum atomic E-state index is -1.23. The van der Waals surface area contributed by atoms with Crippen LogP contribution < -0.4 is 0 Å². The molecule has 6 nitrogen and oxygen atoms in total. The van der Waals surface area contributed by atoms with Crippen LogP contribution in [0.5, 0.6) is 0 Å². The minimum absolute atomic E-state index is 0.131. The van der Waals surface area contributed by atoms with Gasteiger partial charge in [-0.1, -0.05) is 60.7 Å². The number of esters is 2. The van der Waals surface area contributed by atoms with Crippen molar-refractivity contribution in [2.75, 3.05) is 0 Å². The van der Waals surface area contributed by atoms with Crippen LogP contribution in [0.1, 0.15) is 49.7 Å². The summed E-state index contributed by atoms with van der Waals surface area (Å²) in [7, 11) is 0. The molecule has 2 aromatic rings. The molecule has 0 atom stereocenters. The normalized spacial score (nSPS) is 23.5. The molecule has 2 N–H and O–H groups in total. The molecule has 1 fully saturated rings. The molecule has 6 heteroatoms. The predicted molar refractivity (Wildman–Crippen MR) is 110 cm³/mol. The summed E-state index contributed by atoms with van der Waals surface area (Å²) >= 11 is 0. The predicted octanol–water partition coefficient (Wildman–Crippen LogP) is 3.29. The lowest BCUT2D eigenvalue weighted by Gasteiger charge is -2.40.